The van der Waals surface area contributed by atoms with Crippen LogP contribution in [0.2, 0.25) is 0 Å². The van der Waals surface area contributed by atoms with Crippen LogP contribution in [0.1, 0.15) is 60.0 Å². The molecule has 13 heteroatoms. The standard InChI is InChI=1S/C24H23F3N4O6/c1-11-3-4-24(7-18(36-2)29-37-24)17-10-30(11)23(35)19-21(33)20(32)14(9-31(17)19)22(34)28-8-13-15(26)5-12(25)6-16(13)27/h5-6,9,11,17,33H,3-4,7-8,10H2,1-2H3,(H,28,34)/t11?,17?,24-/m0/s1/i7D/t7?,11?,17?,24-. The second kappa shape index (κ2) is 8.82. The van der Waals surface area contributed by atoms with Crippen LogP contribution in [-0.2, 0) is 16.1 Å². The zero-order valence-corrected chi connectivity index (χ0v) is 19.8. The summed E-state index contributed by atoms with van der Waals surface area (Å²) in [6, 6.07) is -0.283. The molecular weight excluding hydrogens is 497 g/mol. The van der Waals surface area contributed by atoms with E-state index in [-0.39, 0.29) is 30.6 Å². The van der Waals surface area contributed by atoms with E-state index >= 15 is 0 Å². The zero-order valence-electron chi connectivity index (χ0n) is 20.8. The van der Waals surface area contributed by atoms with Gasteiger partial charge in [0.2, 0.25) is 11.3 Å². The molecule has 1 spiro atoms. The van der Waals surface area contributed by atoms with Gasteiger partial charge < -0.3 is 29.5 Å². The van der Waals surface area contributed by atoms with E-state index in [0.29, 0.717) is 18.6 Å². The van der Waals surface area contributed by atoms with Crippen LogP contribution in [0.15, 0.2) is 28.3 Å². The number of carbonyl (C=O) groups is 2. The molecule has 3 aliphatic rings. The minimum Gasteiger partial charge on any atom is -0.503 e. The predicted octanol–water partition coefficient (Wildman–Crippen LogP) is 2.20. The van der Waals surface area contributed by atoms with Crippen LogP contribution in [0.25, 0.3) is 0 Å². The van der Waals surface area contributed by atoms with E-state index in [1.807, 2.05) is 0 Å². The van der Waals surface area contributed by atoms with Gasteiger partial charge in [-0.3, -0.25) is 14.4 Å². The second-order valence-electron chi connectivity index (χ2n) is 9.19. The molecule has 5 rings (SSSR count). The number of aromatic nitrogens is 1. The second-order valence-corrected chi connectivity index (χ2v) is 9.19. The molecular formula is C24H23F3N4O6. The Bertz CT molecular complexity index is 1430. The first-order chi connectivity index (χ1) is 18.0. The Kier molecular flexibility index (Phi) is 5.57. The van der Waals surface area contributed by atoms with E-state index in [9.17, 15) is 32.7 Å². The Balaban J connectivity index is 1.57. The summed E-state index contributed by atoms with van der Waals surface area (Å²) in [7, 11) is 1.34. The van der Waals surface area contributed by atoms with Crippen LogP contribution in [0.4, 0.5) is 13.2 Å². The molecule has 1 fully saturated rings. The molecule has 2 amide bonds. The number of halogens is 3. The third-order valence-corrected chi connectivity index (χ3v) is 7.09. The van der Waals surface area contributed by atoms with Gasteiger partial charge in [-0.05, 0) is 19.8 Å². The largest absolute Gasteiger partial charge is 0.503 e. The van der Waals surface area contributed by atoms with E-state index in [2.05, 4.69) is 10.5 Å². The molecule has 3 unspecified atom stereocenters. The maximum atomic E-state index is 14.0. The highest BCUT2D eigenvalue weighted by atomic mass is 19.1. The van der Waals surface area contributed by atoms with E-state index in [1.165, 1.54) is 16.6 Å². The summed E-state index contributed by atoms with van der Waals surface area (Å²) in [4.78, 5) is 46.5. The van der Waals surface area contributed by atoms with Crippen molar-refractivity contribution in [3.05, 3.63) is 62.8 Å². The Morgan fingerprint density at radius 1 is 1.35 bits per heavy atom. The number of nitrogens with one attached hydrogen (secondary N) is 1. The van der Waals surface area contributed by atoms with Crippen LogP contribution in [0.3, 0.4) is 0 Å². The minimum absolute atomic E-state index is 0.0103. The number of ether oxygens (including phenoxy) is 1. The van der Waals surface area contributed by atoms with Crippen molar-refractivity contribution >= 4 is 17.7 Å². The summed E-state index contributed by atoms with van der Waals surface area (Å²) in [5, 5.41) is 16.9. The molecule has 10 nitrogen and oxygen atoms in total. The van der Waals surface area contributed by atoms with Gasteiger partial charge in [0.05, 0.1) is 19.5 Å². The Morgan fingerprint density at radius 3 is 2.70 bits per heavy atom. The molecule has 4 heterocycles. The van der Waals surface area contributed by atoms with Crippen molar-refractivity contribution in [1.82, 2.24) is 14.8 Å². The smallest absolute Gasteiger partial charge is 0.274 e. The number of oxime groups is 1. The van der Waals surface area contributed by atoms with Gasteiger partial charge in [0.25, 0.3) is 11.8 Å². The van der Waals surface area contributed by atoms with E-state index in [1.54, 1.807) is 6.92 Å². The molecule has 1 saturated heterocycles. The van der Waals surface area contributed by atoms with E-state index < -0.39 is 76.2 Å². The highest BCUT2D eigenvalue weighted by Crippen LogP contribution is 2.46. The average Bonchev–Trinajstić information content (AvgIpc) is 3.12. The molecule has 2 aromatic rings. The van der Waals surface area contributed by atoms with Crippen molar-refractivity contribution in [2.75, 3.05) is 13.7 Å². The van der Waals surface area contributed by atoms with Gasteiger partial charge in [0.1, 0.15) is 23.0 Å². The number of aromatic hydroxyl groups is 1. The van der Waals surface area contributed by atoms with Crippen molar-refractivity contribution in [3.63, 3.8) is 0 Å². The lowest BCUT2D eigenvalue weighted by molar-refractivity contribution is -0.0655. The zero-order chi connectivity index (χ0) is 27.5. The SMILES string of the molecule is [2H]C1C(OC)=NO[C@@]12CCC(C)N1CC2n2cc(C(=O)NCc3c(F)cc(F)cc3F)c(=O)c(O)c2C1=O. The number of fused-ring (bicyclic) bond motifs is 5. The summed E-state index contributed by atoms with van der Waals surface area (Å²) >= 11 is 0. The first-order valence-electron chi connectivity index (χ1n) is 12.0. The fraction of sp³-hybridized carbons (Fsp3) is 0.417. The minimum atomic E-state index is -1.35. The number of hydrogen-bond acceptors (Lipinski definition) is 7. The van der Waals surface area contributed by atoms with Gasteiger partial charge in [0, 0.05) is 44.4 Å². The Hall–Kier alpha value is -4.03. The monoisotopic (exact) mass is 521 g/mol. The molecule has 196 valence electrons. The number of carbonyl (C=O) groups excluding carboxylic acids is 2. The van der Waals surface area contributed by atoms with Gasteiger partial charge in [-0.15, -0.1) is 0 Å². The summed E-state index contributed by atoms with van der Waals surface area (Å²) in [6.07, 6.45) is 0.632. The van der Waals surface area contributed by atoms with Crippen LogP contribution in [0.5, 0.6) is 5.75 Å². The number of pyridine rings is 1. The molecule has 2 bridgehead atoms. The van der Waals surface area contributed by atoms with Gasteiger partial charge in [0.15, 0.2) is 17.0 Å². The highest BCUT2D eigenvalue weighted by Gasteiger charge is 2.54. The lowest BCUT2D eigenvalue weighted by Crippen LogP contribution is -2.52. The summed E-state index contributed by atoms with van der Waals surface area (Å²) in [5.41, 5.74) is -4.15. The third kappa shape index (κ3) is 3.89. The molecule has 37 heavy (non-hydrogen) atoms. The Labute approximate surface area is 209 Å². The fourth-order valence-electron chi connectivity index (χ4n) is 5.03. The number of nitrogens with zero attached hydrogens (tertiary/aromatic N) is 3. The molecule has 4 atom stereocenters. The lowest BCUT2D eigenvalue weighted by Gasteiger charge is -2.41. The quantitative estimate of drug-likeness (QED) is 0.639. The van der Waals surface area contributed by atoms with Crippen LogP contribution in [0, 0.1) is 17.5 Å². The van der Waals surface area contributed by atoms with Crippen molar-refractivity contribution in [1.29, 1.82) is 0 Å². The van der Waals surface area contributed by atoms with Gasteiger partial charge in [-0.2, -0.15) is 0 Å². The number of benzene rings is 1. The Morgan fingerprint density at radius 2 is 2.05 bits per heavy atom. The fourth-order valence-corrected chi connectivity index (χ4v) is 5.03. The maximum Gasteiger partial charge on any atom is 0.274 e. The summed E-state index contributed by atoms with van der Waals surface area (Å²) in [6.45, 7) is 1.10. The van der Waals surface area contributed by atoms with Crippen molar-refractivity contribution in [2.24, 2.45) is 5.16 Å². The normalized spacial score (nSPS) is 26.7. The first kappa shape index (κ1) is 23.4. The van der Waals surface area contributed by atoms with Gasteiger partial charge in [-0.1, -0.05) is 5.16 Å². The molecule has 1 aromatic heterocycles. The van der Waals surface area contributed by atoms with Gasteiger partial charge >= 0.3 is 0 Å². The van der Waals surface area contributed by atoms with Crippen LogP contribution < -0.4 is 10.7 Å². The van der Waals surface area contributed by atoms with Crippen molar-refractivity contribution < 1.29 is 38.8 Å². The van der Waals surface area contributed by atoms with Crippen LogP contribution in [-0.4, -0.2) is 57.6 Å². The maximum absolute atomic E-state index is 14.0. The third-order valence-electron chi connectivity index (χ3n) is 7.09. The number of hydrogen-bond donors (Lipinski definition) is 2. The number of methoxy groups -OCH3 is 1. The molecule has 0 aliphatic carbocycles. The van der Waals surface area contributed by atoms with E-state index in [4.69, 9.17) is 10.9 Å². The topological polar surface area (TPSA) is 122 Å². The molecule has 1 aromatic carbocycles. The lowest BCUT2D eigenvalue weighted by atomic mass is 9.85. The summed E-state index contributed by atoms with van der Waals surface area (Å²) in [5.74, 6) is -6.33. The highest BCUT2D eigenvalue weighted by molar-refractivity contribution is 5.99. The van der Waals surface area contributed by atoms with Crippen molar-refractivity contribution in [2.45, 2.75) is 50.4 Å². The number of amides is 2. The van der Waals surface area contributed by atoms with E-state index in [0.717, 1.165) is 6.20 Å². The van der Waals surface area contributed by atoms with Gasteiger partial charge in [-0.25, -0.2) is 13.2 Å². The average molecular weight is 521 g/mol. The van der Waals surface area contributed by atoms with Crippen molar-refractivity contribution in [3.8, 4) is 5.75 Å². The van der Waals surface area contributed by atoms with Crippen LogP contribution >= 0.6 is 0 Å². The predicted molar refractivity (Wildman–Crippen MR) is 121 cm³/mol. The molecule has 0 radical (unpaired) electrons. The molecule has 3 aliphatic heterocycles. The number of rotatable bonds is 3. The molecule has 0 saturated carbocycles. The first-order valence-corrected chi connectivity index (χ1v) is 11.4. The summed E-state index contributed by atoms with van der Waals surface area (Å²) < 4.78 is 56.4. The molecule has 2 N–H and O–H groups in total.